The molecule has 9 nitrogen and oxygen atoms in total. The van der Waals surface area contributed by atoms with Gasteiger partial charge in [0.25, 0.3) is 0 Å². The van der Waals surface area contributed by atoms with E-state index in [1.165, 1.54) is 225 Å². The van der Waals surface area contributed by atoms with Crippen molar-refractivity contribution in [3.05, 3.63) is 72.9 Å². The molecule has 0 aliphatic carbocycles. The number of carbonyl (C=O) groups is 1. The van der Waals surface area contributed by atoms with Crippen LogP contribution in [-0.2, 0) is 14.3 Å². The molecule has 0 aromatic carbocycles. The molecule has 1 aliphatic heterocycles. The highest BCUT2D eigenvalue weighted by molar-refractivity contribution is 5.76. The maximum Gasteiger partial charge on any atom is 0.220 e. The van der Waals surface area contributed by atoms with Crippen LogP contribution in [0.3, 0.4) is 0 Å². The number of aliphatic hydroxyl groups is 5. The van der Waals surface area contributed by atoms with Crippen LogP contribution in [-0.4, -0.2) is 87.5 Å². The van der Waals surface area contributed by atoms with E-state index in [1.54, 1.807) is 6.08 Å². The number of nitrogens with one attached hydrogen (secondary N) is 1. The number of hydrogen-bond donors (Lipinski definition) is 6. The zero-order valence-corrected chi connectivity index (χ0v) is 52.1. The smallest absolute Gasteiger partial charge is 0.220 e. The van der Waals surface area contributed by atoms with Gasteiger partial charge in [-0.15, -0.1) is 0 Å². The minimum Gasteiger partial charge on any atom is -0.394 e. The summed E-state index contributed by atoms with van der Waals surface area (Å²) in [6.45, 7) is 3.70. The Morgan fingerprint density at radius 2 is 0.775 bits per heavy atom. The number of hydrogen-bond acceptors (Lipinski definition) is 8. The molecule has 0 aromatic rings. The molecule has 0 aromatic heterocycles. The molecule has 466 valence electrons. The monoisotopic (exact) mass is 1120 g/mol. The highest BCUT2D eigenvalue weighted by Crippen LogP contribution is 2.23. The molecule has 1 heterocycles. The largest absolute Gasteiger partial charge is 0.394 e. The fourth-order valence-electron chi connectivity index (χ4n) is 10.7. The van der Waals surface area contributed by atoms with Crippen LogP contribution in [0.5, 0.6) is 0 Å². The van der Waals surface area contributed by atoms with Gasteiger partial charge in [0.15, 0.2) is 6.29 Å². The van der Waals surface area contributed by atoms with Gasteiger partial charge >= 0.3 is 0 Å². The summed E-state index contributed by atoms with van der Waals surface area (Å²) in [5.74, 6) is -0.174. The number of unbranched alkanes of at least 4 members (excludes halogenated alkanes) is 39. The average molecular weight is 1120 g/mol. The van der Waals surface area contributed by atoms with Crippen LogP contribution in [0.25, 0.3) is 0 Å². The van der Waals surface area contributed by atoms with Crippen LogP contribution < -0.4 is 5.32 Å². The standard InChI is InChI=1S/C71H129NO8/c1-3-5-7-9-11-13-15-17-19-21-23-25-27-29-30-31-32-33-34-35-36-37-39-41-43-45-47-49-51-53-55-57-59-61-67(75)72-64(63-79-71-70(78)69(77)68(76)66(62-73)80-71)65(74)60-58-56-54-52-50-48-46-44-42-40-38-28-26-24-22-20-18-16-14-12-10-8-6-4-2/h5,7,11,13,17,19,23,25,29-30,58,60,64-66,68-71,73-74,76-78H,3-4,6,8-10,12,14-16,18,20-22,24,26-28,31-57,59,61-63H2,1-2H3,(H,72,75)/b7-5-,13-11-,19-17-,25-23-,30-29-,60-58+. The molecule has 0 spiro atoms. The number of carbonyl (C=O) groups excluding carboxylic acids is 1. The first-order valence-electron chi connectivity index (χ1n) is 34.2. The zero-order chi connectivity index (χ0) is 57.9. The second-order valence-corrected chi connectivity index (χ2v) is 23.6. The first-order chi connectivity index (χ1) is 39.3. The lowest BCUT2D eigenvalue weighted by Gasteiger charge is -2.40. The molecule has 9 heteroatoms. The normalized spacial score (nSPS) is 18.9. The van der Waals surface area contributed by atoms with Gasteiger partial charge in [0, 0.05) is 6.42 Å². The van der Waals surface area contributed by atoms with Crippen molar-refractivity contribution in [2.75, 3.05) is 13.2 Å². The third kappa shape index (κ3) is 48.0. The lowest BCUT2D eigenvalue weighted by atomic mass is 9.99. The lowest BCUT2D eigenvalue weighted by molar-refractivity contribution is -0.302. The molecule has 7 unspecified atom stereocenters. The van der Waals surface area contributed by atoms with Crippen molar-refractivity contribution in [1.29, 1.82) is 0 Å². The second kappa shape index (κ2) is 59.8. The molecule has 6 N–H and O–H groups in total. The van der Waals surface area contributed by atoms with Crippen LogP contribution in [0.4, 0.5) is 0 Å². The topological polar surface area (TPSA) is 149 Å². The molecule has 1 aliphatic rings. The fraction of sp³-hybridized carbons (Fsp3) is 0.817. The van der Waals surface area contributed by atoms with Gasteiger partial charge < -0.3 is 40.3 Å². The Hall–Kier alpha value is -2.37. The van der Waals surface area contributed by atoms with Crippen molar-refractivity contribution >= 4 is 5.91 Å². The second-order valence-electron chi connectivity index (χ2n) is 23.6. The predicted octanol–water partition coefficient (Wildman–Crippen LogP) is 18.4. The van der Waals surface area contributed by atoms with Crippen LogP contribution in [0.2, 0.25) is 0 Å². The Labute approximate surface area is 493 Å². The lowest BCUT2D eigenvalue weighted by Crippen LogP contribution is -2.60. The number of allylic oxidation sites excluding steroid dienone is 11. The summed E-state index contributed by atoms with van der Waals surface area (Å²) in [4.78, 5) is 13.1. The Balaban J connectivity index is 2.13. The predicted molar refractivity (Wildman–Crippen MR) is 341 cm³/mol. The van der Waals surface area contributed by atoms with E-state index in [1.807, 2.05) is 6.08 Å². The molecule has 1 rings (SSSR count). The summed E-state index contributed by atoms with van der Waals surface area (Å²) in [6.07, 6.45) is 77.1. The summed E-state index contributed by atoms with van der Waals surface area (Å²) in [7, 11) is 0. The molecule has 1 amide bonds. The Bertz CT molecular complexity index is 1490. The van der Waals surface area contributed by atoms with Gasteiger partial charge in [0.2, 0.25) is 5.91 Å². The molecular weight excluding hydrogens is 995 g/mol. The van der Waals surface area contributed by atoms with Crippen LogP contribution in [0.1, 0.15) is 316 Å². The van der Waals surface area contributed by atoms with E-state index in [2.05, 4.69) is 79.9 Å². The molecule has 0 bridgehead atoms. The third-order valence-electron chi connectivity index (χ3n) is 16.0. The van der Waals surface area contributed by atoms with Crippen LogP contribution in [0, 0.1) is 0 Å². The van der Waals surface area contributed by atoms with Gasteiger partial charge in [-0.25, -0.2) is 0 Å². The molecule has 1 fully saturated rings. The van der Waals surface area contributed by atoms with Gasteiger partial charge in [-0.3, -0.25) is 4.79 Å². The van der Waals surface area contributed by atoms with Crippen molar-refractivity contribution in [3.8, 4) is 0 Å². The van der Waals surface area contributed by atoms with Crippen molar-refractivity contribution in [2.45, 2.75) is 358 Å². The van der Waals surface area contributed by atoms with E-state index in [9.17, 15) is 30.3 Å². The minimum atomic E-state index is -1.57. The number of aliphatic hydroxyl groups excluding tert-OH is 5. The van der Waals surface area contributed by atoms with Gasteiger partial charge in [-0.1, -0.05) is 318 Å². The van der Waals surface area contributed by atoms with E-state index in [0.717, 1.165) is 70.6 Å². The number of rotatable bonds is 59. The summed E-state index contributed by atoms with van der Waals surface area (Å²) >= 11 is 0. The minimum absolute atomic E-state index is 0.174. The SMILES string of the molecule is CC/C=C\C/C=C\C/C=C\C/C=C\C/C=C\CCCCCCCCCCCCCCCCCCCC(=O)NC(COC1OC(CO)C(O)C(O)C1O)C(O)/C=C/CCCCCCCCCCCCCCCCCCCCCCCC. The summed E-state index contributed by atoms with van der Waals surface area (Å²) < 4.78 is 11.3. The van der Waals surface area contributed by atoms with E-state index >= 15 is 0 Å². The Morgan fingerprint density at radius 3 is 1.15 bits per heavy atom. The number of amides is 1. The van der Waals surface area contributed by atoms with Gasteiger partial charge in [-0.2, -0.15) is 0 Å². The summed E-state index contributed by atoms with van der Waals surface area (Å²) in [6, 6.07) is -0.808. The molecule has 1 saturated heterocycles. The van der Waals surface area contributed by atoms with Crippen molar-refractivity contribution in [2.24, 2.45) is 0 Å². The Kier molecular flexibility index (Phi) is 56.5. The molecule has 80 heavy (non-hydrogen) atoms. The summed E-state index contributed by atoms with van der Waals surface area (Å²) in [5, 5.41) is 54.7. The van der Waals surface area contributed by atoms with E-state index in [4.69, 9.17) is 9.47 Å². The van der Waals surface area contributed by atoms with Crippen molar-refractivity contribution in [3.63, 3.8) is 0 Å². The molecule has 0 radical (unpaired) electrons. The molecule has 7 atom stereocenters. The van der Waals surface area contributed by atoms with Crippen LogP contribution >= 0.6 is 0 Å². The van der Waals surface area contributed by atoms with E-state index in [-0.39, 0.29) is 12.5 Å². The van der Waals surface area contributed by atoms with Gasteiger partial charge in [0.1, 0.15) is 24.4 Å². The first kappa shape index (κ1) is 75.6. The fourth-order valence-corrected chi connectivity index (χ4v) is 10.7. The summed E-state index contributed by atoms with van der Waals surface area (Å²) in [5.41, 5.74) is 0. The first-order valence-corrected chi connectivity index (χ1v) is 34.2. The van der Waals surface area contributed by atoms with Gasteiger partial charge in [-0.05, 0) is 64.2 Å². The molecular formula is C71H129NO8. The van der Waals surface area contributed by atoms with Crippen molar-refractivity contribution in [1.82, 2.24) is 5.32 Å². The number of ether oxygens (including phenoxy) is 2. The van der Waals surface area contributed by atoms with Gasteiger partial charge in [0.05, 0.1) is 25.4 Å². The average Bonchev–Trinajstić information content (AvgIpc) is 3.46. The zero-order valence-electron chi connectivity index (χ0n) is 52.1. The quantitative estimate of drug-likeness (QED) is 0.0261. The Morgan fingerprint density at radius 1 is 0.438 bits per heavy atom. The van der Waals surface area contributed by atoms with Crippen LogP contribution in [0.15, 0.2) is 72.9 Å². The van der Waals surface area contributed by atoms with E-state index in [0.29, 0.717) is 6.42 Å². The third-order valence-corrected chi connectivity index (χ3v) is 16.0. The van der Waals surface area contributed by atoms with Crippen molar-refractivity contribution < 1.29 is 39.8 Å². The van der Waals surface area contributed by atoms with E-state index < -0.39 is 49.5 Å². The molecule has 0 saturated carbocycles. The highest BCUT2D eigenvalue weighted by atomic mass is 16.7. The highest BCUT2D eigenvalue weighted by Gasteiger charge is 2.44. The maximum absolute atomic E-state index is 13.1. The maximum atomic E-state index is 13.1.